The zero-order valence-electron chi connectivity index (χ0n) is 14.5. The van der Waals surface area contributed by atoms with Crippen molar-refractivity contribution in [3.8, 4) is 0 Å². The van der Waals surface area contributed by atoms with E-state index in [1.165, 1.54) is 12.3 Å². The van der Waals surface area contributed by atoms with Gasteiger partial charge in [0.2, 0.25) is 0 Å². The average Bonchev–Trinajstić information content (AvgIpc) is 2.52. The number of likely N-dealkylation sites (N-methyl/N-ethyl adjacent to an activating group) is 1. The van der Waals surface area contributed by atoms with Gasteiger partial charge in [0.1, 0.15) is 5.76 Å². The summed E-state index contributed by atoms with van der Waals surface area (Å²) < 4.78 is 39.3. The smallest absolute Gasteiger partial charge is 0.416 e. The molecule has 1 aromatic rings. The van der Waals surface area contributed by atoms with Crippen molar-refractivity contribution in [3.63, 3.8) is 0 Å². The molecule has 0 saturated carbocycles. The van der Waals surface area contributed by atoms with E-state index in [2.05, 4.69) is 20.9 Å². The van der Waals surface area contributed by atoms with Crippen molar-refractivity contribution in [2.75, 3.05) is 27.2 Å². The molecule has 0 aliphatic heterocycles. The fourth-order valence-corrected chi connectivity index (χ4v) is 3.29. The van der Waals surface area contributed by atoms with E-state index in [1.54, 1.807) is 0 Å². The molecule has 0 heterocycles. The summed E-state index contributed by atoms with van der Waals surface area (Å²) in [4.78, 5) is 18.4. The van der Waals surface area contributed by atoms with Crippen LogP contribution >= 0.6 is 15.9 Å². The molecule has 0 radical (unpaired) electrons. The van der Waals surface area contributed by atoms with E-state index in [9.17, 15) is 23.1 Å². The number of allylic oxidation sites excluding steroid dienone is 2. The van der Waals surface area contributed by atoms with Gasteiger partial charge in [0, 0.05) is 30.1 Å². The van der Waals surface area contributed by atoms with Crippen LogP contribution in [0, 0.1) is 0 Å². The van der Waals surface area contributed by atoms with Crippen molar-refractivity contribution in [2.45, 2.75) is 24.9 Å². The third-order valence-corrected chi connectivity index (χ3v) is 4.86. The maximum absolute atomic E-state index is 13.0. The highest BCUT2D eigenvalue weighted by Crippen LogP contribution is 2.39. The lowest BCUT2D eigenvalue weighted by Crippen LogP contribution is -2.20. The Morgan fingerprint density at radius 3 is 2.62 bits per heavy atom. The molecule has 26 heavy (non-hydrogen) atoms. The van der Waals surface area contributed by atoms with Crippen LogP contribution in [0.2, 0.25) is 0 Å². The van der Waals surface area contributed by atoms with Gasteiger partial charge in [-0.3, -0.25) is 9.79 Å². The van der Waals surface area contributed by atoms with E-state index < -0.39 is 17.7 Å². The van der Waals surface area contributed by atoms with Gasteiger partial charge in [-0.2, -0.15) is 13.2 Å². The molecule has 0 spiro atoms. The fraction of sp³-hybridized carbons (Fsp3) is 0.444. The van der Waals surface area contributed by atoms with E-state index in [1.807, 2.05) is 19.0 Å². The van der Waals surface area contributed by atoms with Crippen LogP contribution in [0.5, 0.6) is 0 Å². The van der Waals surface area contributed by atoms with Crippen LogP contribution in [0.25, 0.3) is 0 Å². The number of hydrogen-bond donors (Lipinski definition) is 1. The normalized spacial score (nSPS) is 19.0. The van der Waals surface area contributed by atoms with Crippen molar-refractivity contribution in [2.24, 2.45) is 4.99 Å². The standard InChI is InChI=1S/C18H20BrF3N2O2/c1-24(2)6-5-23-10-14-16(25)7-11(8-17(14)26)13-9-12(18(20,21)22)3-4-15(13)19/h3-4,9-11,25H,5-8H2,1-2H3. The van der Waals surface area contributed by atoms with Gasteiger partial charge >= 0.3 is 6.18 Å². The number of nitrogens with zero attached hydrogens (tertiary/aromatic N) is 2. The van der Waals surface area contributed by atoms with Gasteiger partial charge < -0.3 is 10.0 Å². The monoisotopic (exact) mass is 432 g/mol. The third-order valence-electron chi connectivity index (χ3n) is 4.14. The number of carbonyl (C=O) groups excluding carboxylic acids is 1. The van der Waals surface area contributed by atoms with Gasteiger partial charge in [-0.25, -0.2) is 0 Å². The number of Topliss-reactive ketones (excluding diaryl/α,β-unsaturated/α-hetero) is 1. The van der Waals surface area contributed by atoms with Crippen LogP contribution in [0.1, 0.15) is 29.9 Å². The van der Waals surface area contributed by atoms with Crippen LogP contribution < -0.4 is 0 Å². The highest BCUT2D eigenvalue weighted by Gasteiger charge is 2.34. The lowest BCUT2D eigenvalue weighted by molar-refractivity contribution is -0.137. The fourth-order valence-electron chi connectivity index (χ4n) is 2.72. The van der Waals surface area contributed by atoms with E-state index in [0.717, 1.165) is 12.1 Å². The first-order chi connectivity index (χ1) is 12.1. The molecular weight excluding hydrogens is 413 g/mol. The molecule has 1 aliphatic rings. The lowest BCUT2D eigenvalue weighted by atomic mass is 9.82. The zero-order valence-corrected chi connectivity index (χ0v) is 16.1. The second-order valence-electron chi connectivity index (χ2n) is 6.46. The van der Waals surface area contributed by atoms with Gasteiger partial charge in [0.15, 0.2) is 5.78 Å². The number of ketones is 1. The summed E-state index contributed by atoms with van der Waals surface area (Å²) in [7, 11) is 3.80. The predicted molar refractivity (Wildman–Crippen MR) is 97.7 cm³/mol. The van der Waals surface area contributed by atoms with Crippen molar-refractivity contribution < 1.29 is 23.1 Å². The van der Waals surface area contributed by atoms with Crippen molar-refractivity contribution in [1.29, 1.82) is 0 Å². The molecular formula is C18H20BrF3N2O2. The minimum atomic E-state index is -4.46. The molecule has 1 N–H and O–H groups in total. The SMILES string of the molecule is CN(C)CCN=CC1=C(O)CC(c2cc(C(F)(F)F)ccc2Br)CC1=O. The summed E-state index contributed by atoms with van der Waals surface area (Å²) >= 11 is 3.25. The second kappa shape index (κ2) is 8.35. The highest BCUT2D eigenvalue weighted by molar-refractivity contribution is 9.10. The average molecular weight is 433 g/mol. The first kappa shape index (κ1) is 20.6. The van der Waals surface area contributed by atoms with Gasteiger partial charge in [0.05, 0.1) is 17.7 Å². The maximum atomic E-state index is 13.0. The molecule has 0 saturated heterocycles. The minimum Gasteiger partial charge on any atom is -0.511 e. The minimum absolute atomic E-state index is 0.0268. The summed E-state index contributed by atoms with van der Waals surface area (Å²) in [6.07, 6.45) is -2.98. The molecule has 0 aromatic heterocycles. The molecule has 4 nitrogen and oxygen atoms in total. The summed E-state index contributed by atoms with van der Waals surface area (Å²) in [6.45, 7) is 1.19. The highest BCUT2D eigenvalue weighted by atomic mass is 79.9. The van der Waals surface area contributed by atoms with E-state index in [-0.39, 0.29) is 30.0 Å². The molecule has 1 aliphatic carbocycles. The number of aliphatic imine (C=N–C) groups is 1. The van der Waals surface area contributed by atoms with Gasteiger partial charge in [-0.15, -0.1) is 0 Å². The summed E-state index contributed by atoms with van der Waals surface area (Å²) in [5, 5.41) is 10.2. The predicted octanol–water partition coefficient (Wildman–Crippen LogP) is 4.36. The molecule has 2 rings (SSSR count). The molecule has 1 atom stereocenters. The number of rotatable bonds is 5. The topological polar surface area (TPSA) is 52.9 Å². The zero-order chi connectivity index (χ0) is 19.5. The van der Waals surface area contributed by atoms with E-state index in [4.69, 9.17) is 0 Å². The van der Waals surface area contributed by atoms with Crippen molar-refractivity contribution in [3.05, 3.63) is 45.1 Å². The van der Waals surface area contributed by atoms with Gasteiger partial charge in [-0.05, 0) is 43.8 Å². The summed E-state index contributed by atoms with van der Waals surface area (Å²) in [6, 6.07) is 3.34. The Balaban J connectivity index is 2.22. The number of alkyl halides is 3. The lowest BCUT2D eigenvalue weighted by Gasteiger charge is -2.24. The Kier molecular flexibility index (Phi) is 6.63. The summed E-state index contributed by atoms with van der Waals surface area (Å²) in [5.41, 5.74) is -0.269. The first-order valence-corrected chi connectivity index (χ1v) is 8.85. The second-order valence-corrected chi connectivity index (χ2v) is 7.32. The van der Waals surface area contributed by atoms with Crippen LogP contribution in [0.4, 0.5) is 13.2 Å². The molecule has 8 heteroatoms. The number of benzene rings is 1. The number of halogens is 4. The molecule has 0 bridgehead atoms. The van der Waals surface area contributed by atoms with Crippen LogP contribution in [0.3, 0.4) is 0 Å². The first-order valence-electron chi connectivity index (χ1n) is 8.06. The molecule has 1 unspecified atom stereocenters. The Bertz CT molecular complexity index is 742. The van der Waals surface area contributed by atoms with Crippen molar-refractivity contribution in [1.82, 2.24) is 4.90 Å². The van der Waals surface area contributed by atoms with Crippen LogP contribution in [-0.4, -0.2) is 49.2 Å². The maximum Gasteiger partial charge on any atom is 0.416 e. The van der Waals surface area contributed by atoms with Gasteiger partial charge in [-0.1, -0.05) is 15.9 Å². The number of aliphatic hydroxyl groups is 1. The third kappa shape index (κ3) is 5.17. The Morgan fingerprint density at radius 2 is 2.04 bits per heavy atom. The summed E-state index contributed by atoms with van der Waals surface area (Å²) in [5.74, 6) is -0.973. The molecule has 1 aromatic carbocycles. The van der Waals surface area contributed by atoms with Crippen molar-refractivity contribution >= 4 is 27.9 Å². The Hall–Kier alpha value is -1.67. The largest absolute Gasteiger partial charge is 0.511 e. The van der Waals surface area contributed by atoms with Crippen LogP contribution in [-0.2, 0) is 11.0 Å². The number of carbonyl (C=O) groups is 1. The number of hydrogen-bond acceptors (Lipinski definition) is 4. The van der Waals surface area contributed by atoms with E-state index in [0.29, 0.717) is 23.1 Å². The number of aliphatic hydroxyl groups excluding tert-OH is 1. The van der Waals surface area contributed by atoms with Gasteiger partial charge in [0.25, 0.3) is 0 Å². The molecule has 0 amide bonds. The van der Waals surface area contributed by atoms with Crippen LogP contribution in [0.15, 0.2) is 39.0 Å². The van der Waals surface area contributed by atoms with E-state index >= 15 is 0 Å². The Morgan fingerprint density at radius 1 is 1.35 bits per heavy atom. The molecule has 0 fully saturated rings. The quantitative estimate of drug-likeness (QED) is 0.703. The molecule has 142 valence electrons. The Labute approximate surface area is 158 Å².